The Bertz CT molecular complexity index is 314. The summed E-state index contributed by atoms with van der Waals surface area (Å²) >= 11 is 0. The Kier molecular flexibility index (Phi) is 3.27. The van der Waals surface area contributed by atoms with Crippen LogP contribution < -0.4 is 11.5 Å². The highest BCUT2D eigenvalue weighted by molar-refractivity contribution is 5.41. The smallest absolute Gasteiger partial charge is 0.0316 e. The van der Waals surface area contributed by atoms with E-state index in [0.29, 0.717) is 5.92 Å². The van der Waals surface area contributed by atoms with E-state index in [2.05, 4.69) is 18.2 Å². The van der Waals surface area contributed by atoms with Gasteiger partial charge in [0.05, 0.1) is 0 Å². The Morgan fingerprint density at radius 2 is 1.87 bits per heavy atom. The van der Waals surface area contributed by atoms with Crippen molar-refractivity contribution in [1.29, 1.82) is 0 Å². The van der Waals surface area contributed by atoms with Crippen LogP contribution in [0.5, 0.6) is 0 Å². The summed E-state index contributed by atoms with van der Waals surface area (Å²) in [6.45, 7) is 0.851. The molecule has 0 saturated heterocycles. The van der Waals surface area contributed by atoms with Crippen LogP contribution in [0.1, 0.15) is 37.2 Å². The van der Waals surface area contributed by atoms with Crippen molar-refractivity contribution in [2.24, 2.45) is 11.7 Å². The second-order valence-electron chi connectivity index (χ2n) is 4.62. The molecule has 0 amide bonds. The molecule has 1 aliphatic carbocycles. The lowest BCUT2D eigenvalue weighted by Gasteiger charge is -2.28. The van der Waals surface area contributed by atoms with Gasteiger partial charge in [-0.15, -0.1) is 0 Å². The highest BCUT2D eigenvalue weighted by Crippen LogP contribution is 2.35. The van der Waals surface area contributed by atoms with E-state index in [9.17, 15) is 0 Å². The van der Waals surface area contributed by atoms with Gasteiger partial charge < -0.3 is 11.5 Å². The van der Waals surface area contributed by atoms with Crippen LogP contribution in [0.4, 0.5) is 5.69 Å². The maximum Gasteiger partial charge on any atom is 0.0316 e. The van der Waals surface area contributed by atoms with Crippen LogP contribution >= 0.6 is 0 Å². The zero-order chi connectivity index (χ0) is 10.7. The third-order valence-corrected chi connectivity index (χ3v) is 3.56. The van der Waals surface area contributed by atoms with E-state index in [-0.39, 0.29) is 0 Å². The number of nitrogens with two attached hydrogens (primary N) is 2. The summed E-state index contributed by atoms with van der Waals surface area (Å²) in [6.07, 6.45) is 5.09. The van der Waals surface area contributed by atoms with E-state index < -0.39 is 0 Å². The number of benzene rings is 1. The first-order chi connectivity index (χ1) is 7.29. The van der Waals surface area contributed by atoms with Crippen LogP contribution in [0.15, 0.2) is 24.3 Å². The van der Waals surface area contributed by atoms with Crippen LogP contribution in [-0.2, 0) is 0 Å². The maximum absolute atomic E-state index is 5.80. The third kappa shape index (κ3) is 2.51. The van der Waals surface area contributed by atoms with Gasteiger partial charge in [-0.3, -0.25) is 0 Å². The molecule has 2 heteroatoms. The van der Waals surface area contributed by atoms with Crippen molar-refractivity contribution in [3.8, 4) is 0 Å². The molecule has 4 N–H and O–H groups in total. The number of hydrogen-bond donors (Lipinski definition) is 2. The lowest BCUT2D eigenvalue weighted by atomic mass is 9.79. The fourth-order valence-electron chi connectivity index (χ4n) is 2.54. The van der Waals surface area contributed by atoms with E-state index >= 15 is 0 Å². The van der Waals surface area contributed by atoms with E-state index in [0.717, 1.165) is 18.2 Å². The van der Waals surface area contributed by atoms with Crippen molar-refractivity contribution in [1.82, 2.24) is 0 Å². The minimum atomic E-state index is 0.705. The first kappa shape index (κ1) is 10.5. The van der Waals surface area contributed by atoms with Crippen LogP contribution in [-0.4, -0.2) is 6.54 Å². The molecule has 0 radical (unpaired) electrons. The van der Waals surface area contributed by atoms with Gasteiger partial charge in [-0.25, -0.2) is 0 Å². The van der Waals surface area contributed by atoms with Crippen molar-refractivity contribution in [3.63, 3.8) is 0 Å². The Balaban J connectivity index is 2.01. The van der Waals surface area contributed by atoms with Crippen LogP contribution in [0.2, 0.25) is 0 Å². The highest BCUT2D eigenvalue weighted by Gasteiger charge is 2.21. The Morgan fingerprint density at radius 3 is 2.47 bits per heavy atom. The number of rotatable bonds is 2. The van der Waals surface area contributed by atoms with Gasteiger partial charge in [0.25, 0.3) is 0 Å². The second-order valence-corrected chi connectivity index (χ2v) is 4.62. The summed E-state index contributed by atoms with van der Waals surface area (Å²) in [7, 11) is 0. The molecule has 0 atom stereocenters. The summed E-state index contributed by atoms with van der Waals surface area (Å²) < 4.78 is 0. The Hall–Kier alpha value is -1.02. The van der Waals surface area contributed by atoms with Gasteiger partial charge in [-0.05, 0) is 61.8 Å². The average molecular weight is 204 g/mol. The van der Waals surface area contributed by atoms with Gasteiger partial charge in [0.1, 0.15) is 0 Å². The SMILES string of the molecule is NCC1CCC(c2cccc(N)c2)CC1. The van der Waals surface area contributed by atoms with E-state index in [1.165, 1.54) is 31.2 Å². The molecule has 2 rings (SSSR count). The molecule has 0 spiro atoms. The summed E-state index contributed by atoms with van der Waals surface area (Å²) in [6, 6.07) is 8.33. The van der Waals surface area contributed by atoms with Gasteiger partial charge in [0.2, 0.25) is 0 Å². The first-order valence-electron chi connectivity index (χ1n) is 5.85. The molecule has 1 aromatic carbocycles. The molecular formula is C13H20N2. The topological polar surface area (TPSA) is 52.0 Å². The monoisotopic (exact) mass is 204 g/mol. The van der Waals surface area contributed by atoms with Crippen molar-refractivity contribution >= 4 is 5.69 Å². The van der Waals surface area contributed by atoms with Crippen LogP contribution in [0.3, 0.4) is 0 Å². The molecule has 1 aromatic rings. The lowest BCUT2D eigenvalue weighted by molar-refractivity contribution is 0.333. The van der Waals surface area contributed by atoms with Crippen LogP contribution in [0, 0.1) is 5.92 Å². The normalized spacial score (nSPS) is 26.5. The second kappa shape index (κ2) is 4.67. The Labute approximate surface area is 91.7 Å². The maximum atomic E-state index is 5.80. The largest absolute Gasteiger partial charge is 0.399 e. The van der Waals surface area contributed by atoms with E-state index in [1.807, 2.05) is 6.07 Å². The lowest BCUT2D eigenvalue weighted by Crippen LogP contribution is -2.20. The standard InChI is InChI=1S/C13H20N2/c14-9-10-4-6-11(7-5-10)12-2-1-3-13(15)8-12/h1-3,8,10-11H,4-7,9,14-15H2. The molecule has 0 heterocycles. The first-order valence-corrected chi connectivity index (χ1v) is 5.85. The summed E-state index contributed by atoms with van der Waals surface area (Å²) in [4.78, 5) is 0. The predicted molar refractivity (Wildman–Crippen MR) is 64.6 cm³/mol. The molecular weight excluding hydrogens is 184 g/mol. The molecule has 0 aromatic heterocycles. The minimum absolute atomic E-state index is 0.705. The zero-order valence-electron chi connectivity index (χ0n) is 9.15. The third-order valence-electron chi connectivity index (χ3n) is 3.56. The molecule has 1 saturated carbocycles. The fourth-order valence-corrected chi connectivity index (χ4v) is 2.54. The molecule has 82 valence electrons. The van der Waals surface area contributed by atoms with E-state index in [4.69, 9.17) is 11.5 Å². The minimum Gasteiger partial charge on any atom is -0.399 e. The van der Waals surface area contributed by atoms with Crippen molar-refractivity contribution < 1.29 is 0 Å². The van der Waals surface area contributed by atoms with Gasteiger partial charge in [0.15, 0.2) is 0 Å². The molecule has 0 bridgehead atoms. The number of anilines is 1. The summed E-state index contributed by atoms with van der Waals surface area (Å²) in [5.41, 5.74) is 13.8. The van der Waals surface area contributed by atoms with Crippen molar-refractivity contribution in [2.45, 2.75) is 31.6 Å². The molecule has 0 aliphatic heterocycles. The fraction of sp³-hybridized carbons (Fsp3) is 0.538. The van der Waals surface area contributed by atoms with Crippen LogP contribution in [0.25, 0.3) is 0 Å². The van der Waals surface area contributed by atoms with Gasteiger partial charge >= 0.3 is 0 Å². The molecule has 0 unspecified atom stereocenters. The number of hydrogen-bond acceptors (Lipinski definition) is 2. The average Bonchev–Trinajstić information content (AvgIpc) is 2.29. The quantitative estimate of drug-likeness (QED) is 0.727. The molecule has 15 heavy (non-hydrogen) atoms. The zero-order valence-corrected chi connectivity index (χ0v) is 9.15. The summed E-state index contributed by atoms with van der Waals surface area (Å²) in [5, 5.41) is 0. The molecule has 1 fully saturated rings. The molecule has 1 aliphatic rings. The summed E-state index contributed by atoms with van der Waals surface area (Å²) in [5.74, 6) is 1.46. The number of nitrogen functional groups attached to an aromatic ring is 1. The van der Waals surface area contributed by atoms with E-state index in [1.54, 1.807) is 0 Å². The molecule has 2 nitrogen and oxygen atoms in total. The van der Waals surface area contributed by atoms with Crippen molar-refractivity contribution in [3.05, 3.63) is 29.8 Å². The highest BCUT2D eigenvalue weighted by atomic mass is 14.6. The Morgan fingerprint density at radius 1 is 1.13 bits per heavy atom. The van der Waals surface area contributed by atoms with Gasteiger partial charge in [-0.1, -0.05) is 12.1 Å². The van der Waals surface area contributed by atoms with Crippen molar-refractivity contribution in [2.75, 3.05) is 12.3 Å². The predicted octanol–water partition coefficient (Wildman–Crippen LogP) is 2.50. The van der Waals surface area contributed by atoms with Gasteiger partial charge in [0, 0.05) is 5.69 Å². The van der Waals surface area contributed by atoms with Gasteiger partial charge in [-0.2, -0.15) is 0 Å².